The average Bonchev–Trinajstić information content (AvgIpc) is 2.54. The first-order chi connectivity index (χ1) is 6.83. The molecular formula is C11H11N3. The fourth-order valence-corrected chi connectivity index (χ4v) is 1.64. The molecule has 0 fully saturated rings. The molecule has 3 heteroatoms. The van der Waals surface area contributed by atoms with Crippen LogP contribution < -0.4 is 0 Å². The van der Waals surface area contributed by atoms with E-state index in [1.807, 2.05) is 25.2 Å². The molecule has 0 radical (unpaired) electrons. The van der Waals surface area contributed by atoms with Gasteiger partial charge in [-0.1, -0.05) is 0 Å². The third-order valence-corrected chi connectivity index (χ3v) is 2.40. The van der Waals surface area contributed by atoms with E-state index >= 15 is 0 Å². The minimum atomic E-state index is 0.560. The van der Waals surface area contributed by atoms with E-state index in [-0.39, 0.29) is 0 Å². The topological polar surface area (TPSA) is 41.6 Å². The van der Waals surface area contributed by atoms with Crippen LogP contribution in [0.1, 0.15) is 12.1 Å². The molecule has 0 saturated heterocycles. The summed E-state index contributed by atoms with van der Waals surface area (Å²) in [7, 11) is 2.01. The molecule has 0 atom stereocenters. The summed E-state index contributed by atoms with van der Waals surface area (Å²) in [5.74, 6) is 0. The van der Waals surface area contributed by atoms with E-state index in [0.29, 0.717) is 6.42 Å². The van der Waals surface area contributed by atoms with Crippen LogP contribution in [0, 0.1) is 11.3 Å². The molecule has 2 aromatic heterocycles. The maximum Gasteiger partial charge on any atom is 0.0883 e. The lowest BCUT2D eigenvalue weighted by molar-refractivity contribution is 0.836. The Morgan fingerprint density at radius 1 is 1.57 bits per heavy atom. The fourth-order valence-electron chi connectivity index (χ4n) is 1.64. The predicted octanol–water partition coefficient (Wildman–Crippen LogP) is 2.03. The van der Waals surface area contributed by atoms with Crippen molar-refractivity contribution in [1.29, 1.82) is 5.26 Å². The van der Waals surface area contributed by atoms with Crippen LogP contribution in [0.5, 0.6) is 0 Å². The van der Waals surface area contributed by atoms with Gasteiger partial charge in [-0.3, -0.25) is 4.98 Å². The van der Waals surface area contributed by atoms with Crippen LogP contribution in [0.15, 0.2) is 24.4 Å². The Morgan fingerprint density at radius 3 is 3.14 bits per heavy atom. The first-order valence-corrected chi connectivity index (χ1v) is 4.59. The van der Waals surface area contributed by atoms with Gasteiger partial charge in [0.1, 0.15) is 0 Å². The summed E-state index contributed by atoms with van der Waals surface area (Å²) in [5.41, 5.74) is 3.30. The number of aromatic nitrogens is 2. The van der Waals surface area contributed by atoms with Crippen molar-refractivity contribution in [2.45, 2.75) is 12.8 Å². The highest BCUT2D eigenvalue weighted by Gasteiger charge is 2.04. The highest BCUT2D eigenvalue weighted by Crippen LogP contribution is 2.16. The van der Waals surface area contributed by atoms with Gasteiger partial charge in [0, 0.05) is 31.8 Å². The Labute approximate surface area is 82.6 Å². The van der Waals surface area contributed by atoms with E-state index < -0.39 is 0 Å². The van der Waals surface area contributed by atoms with Crippen LogP contribution in [0.2, 0.25) is 0 Å². The molecular weight excluding hydrogens is 174 g/mol. The van der Waals surface area contributed by atoms with Gasteiger partial charge in [0.05, 0.1) is 17.1 Å². The van der Waals surface area contributed by atoms with Gasteiger partial charge in [-0.05, 0) is 18.2 Å². The quantitative estimate of drug-likeness (QED) is 0.718. The molecule has 0 aliphatic heterocycles. The lowest BCUT2D eigenvalue weighted by Crippen LogP contribution is -1.95. The molecule has 0 aliphatic carbocycles. The molecule has 0 aromatic carbocycles. The van der Waals surface area contributed by atoms with E-state index in [9.17, 15) is 0 Å². The number of fused-ring (bicyclic) bond motifs is 1. The zero-order chi connectivity index (χ0) is 9.97. The molecule has 0 bridgehead atoms. The summed E-state index contributed by atoms with van der Waals surface area (Å²) in [6.45, 7) is 0. The van der Waals surface area contributed by atoms with Crippen LogP contribution in [-0.4, -0.2) is 9.55 Å². The summed E-state index contributed by atoms with van der Waals surface area (Å²) in [6.07, 6.45) is 3.14. The van der Waals surface area contributed by atoms with Crippen molar-refractivity contribution in [1.82, 2.24) is 9.55 Å². The van der Waals surface area contributed by atoms with E-state index in [1.165, 1.54) is 5.69 Å². The first-order valence-electron chi connectivity index (χ1n) is 4.59. The maximum absolute atomic E-state index is 8.52. The van der Waals surface area contributed by atoms with Crippen LogP contribution in [0.3, 0.4) is 0 Å². The van der Waals surface area contributed by atoms with Gasteiger partial charge < -0.3 is 4.57 Å². The monoisotopic (exact) mass is 185 g/mol. The minimum Gasteiger partial charge on any atom is -0.346 e. The maximum atomic E-state index is 8.52. The summed E-state index contributed by atoms with van der Waals surface area (Å²) in [5, 5.41) is 8.52. The van der Waals surface area contributed by atoms with Crippen LogP contribution in [0.25, 0.3) is 11.0 Å². The van der Waals surface area contributed by atoms with Crippen molar-refractivity contribution < 1.29 is 0 Å². The molecule has 3 nitrogen and oxygen atoms in total. The number of pyridine rings is 1. The molecule has 14 heavy (non-hydrogen) atoms. The summed E-state index contributed by atoms with van der Waals surface area (Å²) in [6, 6.07) is 8.17. The third-order valence-electron chi connectivity index (χ3n) is 2.40. The molecule has 0 aliphatic rings. The van der Waals surface area contributed by atoms with E-state index in [0.717, 1.165) is 17.5 Å². The number of rotatable bonds is 2. The second-order valence-electron chi connectivity index (χ2n) is 3.26. The zero-order valence-electron chi connectivity index (χ0n) is 8.07. The molecule has 2 heterocycles. The SMILES string of the molecule is Cn1c(CCC#N)cc2ncccc21. The normalized spacial score (nSPS) is 10.3. The summed E-state index contributed by atoms with van der Waals surface area (Å²) >= 11 is 0. The van der Waals surface area contributed by atoms with Crippen LogP contribution >= 0.6 is 0 Å². The molecule has 2 rings (SSSR count). The van der Waals surface area contributed by atoms with Crippen molar-refractivity contribution >= 4 is 11.0 Å². The number of nitriles is 1. The van der Waals surface area contributed by atoms with Gasteiger partial charge >= 0.3 is 0 Å². The Hall–Kier alpha value is -1.82. The molecule has 2 aromatic rings. The van der Waals surface area contributed by atoms with E-state index in [2.05, 4.69) is 15.6 Å². The van der Waals surface area contributed by atoms with E-state index in [4.69, 9.17) is 5.26 Å². The number of hydrogen-bond acceptors (Lipinski definition) is 2. The second kappa shape index (κ2) is 3.51. The second-order valence-corrected chi connectivity index (χ2v) is 3.26. The third kappa shape index (κ3) is 1.35. The molecule has 0 amide bonds. The predicted molar refractivity (Wildman–Crippen MR) is 54.6 cm³/mol. The fraction of sp³-hybridized carbons (Fsp3) is 0.273. The van der Waals surface area contributed by atoms with Crippen molar-refractivity contribution in [2.24, 2.45) is 7.05 Å². The molecule has 0 saturated carbocycles. The molecule has 0 spiro atoms. The van der Waals surface area contributed by atoms with Gasteiger partial charge in [-0.25, -0.2) is 0 Å². The molecule has 70 valence electrons. The Balaban J connectivity index is 2.47. The van der Waals surface area contributed by atoms with Gasteiger partial charge in [-0.2, -0.15) is 5.26 Å². The highest BCUT2D eigenvalue weighted by atomic mass is 15.0. The van der Waals surface area contributed by atoms with Crippen molar-refractivity contribution in [2.75, 3.05) is 0 Å². The number of hydrogen-bond donors (Lipinski definition) is 0. The number of nitrogens with zero attached hydrogens (tertiary/aromatic N) is 3. The van der Waals surface area contributed by atoms with Crippen LogP contribution in [-0.2, 0) is 13.5 Å². The summed E-state index contributed by atoms with van der Waals surface area (Å²) in [4.78, 5) is 4.27. The largest absolute Gasteiger partial charge is 0.346 e. The zero-order valence-corrected chi connectivity index (χ0v) is 8.07. The highest BCUT2D eigenvalue weighted by molar-refractivity contribution is 5.76. The Kier molecular flexibility index (Phi) is 2.19. The minimum absolute atomic E-state index is 0.560. The van der Waals surface area contributed by atoms with Crippen molar-refractivity contribution in [3.8, 4) is 6.07 Å². The molecule has 0 N–H and O–H groups in total. The van der Waals surface area contributed by atoms with Crippen LogP contribution in [0.4, 0.5) is 0 Å². The van der Waals surface area contributed by atoms with Crippen molar-refractivity contribution in [3.63, 3.8) is 0 Å². The summed E-state index contributed by atoms with van der Waals surface area (Å²) < 4.78 is 2.10. The van der Waals surface area contributed by atoms with Gasteiger partial charge in [0.25, 0.3) is 0 Å². The van der Waals surface area contributed by atoms with Gasteiger partial charge in [0.2, 0.25) is 0 Å². The Bertz CT molecular complexity index is 491. The lowest BCUT2D eigenvalue weighted by Gasteiger charge is -2.00. The number of aryl methyl sites for hydroxylation is 2. The van der Waals surface area contributed by atoms with Crippen molar-refractivity contribution in [3.05, 3.63) is 30.1 Å². The standard InChI is InChI=1S/C11H11N3/c1-14-9(4-2-6-12)8-10-11(14)5-3-7-13-10/h3,5,7-8H,2,4H2,1H3. The Morgan fingerprint density at radius 2 is 2.43 bits per heavy atom. The van der Waals surface area contributed by atoms with Gasteiger partial charge in [0.15, 0.2) is 0 Å². The first kappa shape index (κ1) is 8.76. The smallest absolute Gasteiger partial charge is 0.0883 e. The van der Waals surface area contributed by atoms with Gasteiger partial charge in [-0.15, -0.1) is 0 Å². The molecule has 0 unspecified atom stereocenters. The average molecular weight is 185 g/mol. The van der Waals surface area contributed by atoms with E-state index in [1.54, 1.807) is 6.20 Å². The lowest BCUT2D eigenvalue weighted by atomic mass is 10.2.